The highest BCUT2D eigenvalue weighted by molar-refractivity contribution is 7.90. The molecule has 0 spiro atoms. The highest BCUT2D eigenvalue weighted by atomic mass is 32.2. The highest BCUT2D eigenvalue weighted by Crippen LogP contribution is 2.39. The topological polar surface area (TPSA) is 87.3 Å². The third-order valence-electron chi connectivity index (χ3n) is 6.24. The first kappa shape index (κ1) is 22.7. The minimum Gasteiger partial charge on any atom is -0.406 e. The van der Waals surface area contributed by atoms with Gasteiger partial charge in [0.2, 0.25) is 0 Å². The summed E-state index contributed by atoms with van der Waals surface area (Å²) in [6.07, 6.45) is -4.66. The lowest BCUT2D eigenvalue weighted by atomic mass is 10.1. The number of hydrogen-bond donors (Lipinski definition) is 3. The molecule has 4 aromatic rings. The Bertz CT molecular complexity index is 1400. The van der Waals surface area contributed by atoms with E-state index in [0.717, 1.165) is 46.1 Å². The lowest BCUT2D eigenvalue weighted by Gasteiger charge is -2.24. The zero-order chi connectivity index (χ0) is 24.1. The summed E-state index contributed by atoms with van der Waals surface area (Å²) in [5.41, 5.74) is 1.97. The zero-order valence-corrected chi connectivity index (χ0v) is 18.6. The van der Waals surface area contributed by atoms with Crippen molar-refractivity contribution in [3.05, 3.63) is 72.8 Å². The van der Waals surface area contributed by atoms with Gasteiger partial charge in [-0.2, -0.15) is 0 Å². The molecule has 1 aliphatic rings. The Morgan fingerprint density at radius 3 is 2.06 bits per heavy atom. The molecule has 3 N–H and O–H groups in total. The van der Waals surface area contributed by atoms with Gasteiger partial charge in [-0.25, -0.2) is 13.7 Å². The van der Waals surface area contributed by atoms with Crippen LogP contribution < -0.4 is 9.46 Å². The number of halogens is 3. The monoisotopic (exact) mass is 489 g/mol. The van der Waals surface area contributed by atoms with E-state index in [1.807, 2.05) is 48.5 Å². The number of nitrogens with zero attached hydrogens (tertiary/aromatic N) is 1. The molecular weight excluding hydrogens is 467 g/mol. The molecule has 0 saturated heterocycles. The lowest BCUT2D eigenvalue weighted by molar-refractivity contribution is -0.274. The van der Waals surface area contributed by atoms with E-state index >= 15 is 0 Å². The predicted octanol–water partition coefficient (Wildman–Crippen LogP) is 5.37. The molecule has 5 rings (SSSR count). The van der Waals surface area contributed by atoms with Crippen LogP contribution in [0.1, 0.15) is 18.9 Å². The van der Waals surface area contributed by atoms with Gasteiger partial charge in [-0.05, 0) is 49.2 Å². The smallest absolute Gasteiger partial charge is 0.406 e. The molecular formula is C24H22F3N3O3S. The van der Waals surface area contributed by atoms with Gasteiger partial charge in [0.25, 0.3) is 0 Å². The van der Waals surface area contributed by atoms with Gasteiger partial charge in [0.15, 0.2) is 0 Å². The average Bonchev–Trinajstić information content (AvgIpc) is 3.30. The van der Waals surface area contributed by atoms with Crippen LogP contribution in [0.15, 0.2) is 77.7 Å². The van der Waals surface area contributed by atoms with Crippen LogP contribution in [0, 0.1) is 4.78 Å². The van der Waals surface area contributed by atoms with Gasteiger partial charge >= 0.3 is 6.36 Å². The molecule has 0 aliphatic heterocycles. The molecule has 1 heterocycles. The van der Waals surface area contributed by atoms with Gasteiger partial charge < -0.3 is 14.4 Å². The highest BCUT2D eigenvalue weighted by Gasteiger charge is 2.39. The van der Waals surface area contributed by atoms with Crippen molar-refractivity contribution in [1.29, 1.82) is 4.78 Å². The van der Waals surface area contributed by atoms with Crippen LogP contribution in [0.2, 0.25) is 0 Å². The molecule has 178 valence electrons. The zero-order valence-electron chi connectivity index (χ0n) is 17.8. The number of aromatic nitrogens is 1. The molecule has 0 amide bonds. The van der Waals surface area contributed by atoms with Crippen LogP contribution in [0.4, 0.5) is 13.2 Å². The van der Waals surface area contributed by atoms with Crippen LogP contribution in [-0.2, 0) is 9.92 Å². The fraction of sp³-hybridized carbons (Fsp3) is 0.250. The van der Waals surface area contributed by atoms with E-state index < -0.39 is 34.2 Å². The first-order valence-electron chi connectivity index (χ1n) is 10.7. The number of rotatable bonds is 5. The van der Waals surface area contributed by atoms with E-state index in [1.54, 1.807) is 0 Å². The van der Waals surface area contributed by atoms with Gasteiger partial charge in [0.1, 0.15) is 15.7 Å². The van der Waals surface area contributed by atoms with Gasteiger partial charge in [0.05, 0.1) is 17.0 Å². The number of hydrogen-bond acceptors (Lipinski definition) is 4. The van der Waals surface area contributed by atoms with Crippen molar-refractivity contribution in [1.82, 2.24) is 9.29 Å². The molecule has 6 nitrogen and oxygen atoms in total. The summed E-state index contributed by atoms with van der Waals surface area (Å²) in [7, 11) is -3.57. The fourth-order valence-corrected chi connectivity index (χ4v) is 6.13. The maximum Gasteiger partial charge on any atom is 0.573 e. The Balaban J connectivity index is 1.40. The average molecular weight is 490 g/mol. The van der Waals surface area contributed by atoms with Crippen molar-refractivity contribution in [2.75, 3.05) is 0 Å². The van der Waals surface area contributed by atoms with Crippen LogP contribution in [0.3, 0.4) is 0 Å². The van der Waals surface area contributed by atoms with Crippen molar-refractivity contribution >= 4 is 31.7 Å². The molecule has 1 fully saturated rings. The summed E-state index contributed by atoms with van der Waals surface area (Å²) in [6, 6.07) is 19.3. The summed E-state index contributed by atoms with van der Waals surface area (Å²) in [5.74, 6) is -0.459. The second-order valence-corrected chi connectivity index (χ2v) is 10.2. The lowest BCUT2D eigenvalue weighted by Crippen LogP contribution is -2.41. The molecule has 10 heteroatoms. The number of ether oxygens (including phenoxy) is 1. The molecule has 3 aromatic carbocycles. The molecule has 0 bridgehead atoms. The normalized spacial score (nSPS) is 22.8. The maximum atomic E-state index is 13.1. The molecule has 0 radical (unpaired) electrons. The minimum atomic E-state index is -4.84. The number of benzene rings is 3. The maximum absolute atomic E-state index is 13.1. The Hall–Kier alpha value is -3.08. The summed E-state index contributed by atoms with van der Waals surface area (Å²) in [5, 5.41) is 13.3. The number of fused-ring (bicyclic) bond motifs is 3. The van der Waals surface area contributed by atoms with Crippen molar-refractivity contribution in [3.8, 4) is 5.75 Å². The van der Waals surface area contributed by atoms with Crippen LogP contribution in [0.5, 0.6) is 5.75 Å². The fourth-order valence-electron chi connectivity index (χ4n) is 4.79. The second-order valence-electron chi connectivity index (χ2n) is 8.34. The molecule has 1 saturated carbocycles. The summed E-state index contributed by atoms with van der Waals surface area (Å²) < 4.78 is 67.2. The Labute approximate surface area is 194 Å². The van der Waals surface area contributed by atoms with Crippen molar-refractivity contribution in [2.45, 2.75) is 42.3 Å². The summed E-state index contributed by atoms with van der Waals surface area (Å²) in [6.45, 7) is 0. The number of aliphatic hydroxyl groups excluding tert-OH is 1. The number of alkyl halides is 3. The molecule has 1 aliphatic carbocycles. The van der Waals surface area contributed by atoms with Gasteiger partial charge in [-0.3, -0.25) is 0 Å². The predicted molar refractivity (Wildman–Crippen MR) is 123 cm³/mol. The Kier molecular flexibility index (Phi) is 5.54. The molecule has 4 unspecified atom stereocenters. The van der Waals surface area contributed by atoms with Crippen LogP contribution in [-0.4, -0.2) is 32.4 Å². The van der Waals surface area contributed by atoms with Crippen molar-refractivity contribution in [3.63, 3.8) is 0 Å². The number of para-hydroxylation sites is 2. The number of nitrogens with one attached hydrogen (secondary N) is 2. The van der Waals surface area contributed by atoms with Crippen molar-refractivity contribution in [2.24, 2.45) is 0 Å². The van der Waals surface area contributed by atoms with Crippen molar-refractivity contribution < 1.29 is 27.2 Å². The quantitative estimate of drug-likeness (QED) is 0.352. The standard InChI is InChI=1S/C24H22F3N3O3S/c25-24(26,27)33-15-9-11-16(12-10-15)34(28,32)29-19-13-14-22(23(19)31)30-20-7-3-1-5-17(20)18-6-2-4-8-21(18)30/h1-12,19,22-23,31H,13-14H2,(H2,28,29,32). The van der Waals surface area contributed by atoms with E-state index in [9.17, 15) is 22.5 Å². The van der Waals surface area contributed by atoms with E-state index in [0.29, 0.717) is 12.8 Å². The van der Waals surface area contributed by atoms with E-state index in [4.69, 9.17) is 4.78 Å². The third-order valence-corrected chi connectivity index (χ3v) is 7.81. The van der Waals surface area contributed by atoms with Gasteiger partial charge in [-0.15, -0.1) is 13.2 Å². The largest absolute Gasteiger partial charge is 0.573 e. The SMILES string of the molecule is N=S(=O)(NC1CCC(n2c3ccccc3c3ccccc32)C1O)c1ccc(OC(F)(F)F)cc1. The molecule has 34 heavy (non-hydrogen) atoms. The molecule has 1 aromatic heterocycles. The second kappa shape index (κ2) is 8.30. The van der Waals surface area contributed by atoms with E-state index in [1.165, 1.54) is 0 Å². The summed E-state index contributed by atoms with van der Waals surface area (Å²) >= 11 is 0. The first-order chi connectivity index (χ1) is 16.1. The van der Waals surface area contributed by atoms with Crippen LogP contribution >= 0.6 is 0 Å². The summed E-state index contributed by atoms with van der Waals surface area (Å²) in [4.78, 5) is 0.00883. The van der Waals surface area contributed by atoms with E-state index in [2.05, 4.69) is 14.0 Å². The number of aliphatic hydroxyl groups is 1. The third kappa shape index (κ3) is 4.13. The van der Waals surface area contributed by atoms with Gasteiger partial charge in [0, 0.05) is 27.8 Å². The van der Waals surface area contributed by atoms with Gasteiger partial charge in [-0.1, -0.05) is 36.4 Å². The van der Waals surface area contributed by atoms with E-state index in [-0.39, 0.29) is 10.9 Å². The Morgan fingerprint density at radius 2 is 1.50 bits per heavy atom. The first-order valence-corrected chi connectivity index (χ1v) is 12.3. The van der Waals surface area contributed by atoms with Crippen LogP contribution in [0.25, 0.3) is 21.8 Å². The minimum absolute atomic E-state index is 0.00883. The Morgan fingerprint density at radius 1 is 0.941 bits per heavy atom. The molecule has 4 atom stereocenters.